The molecule has 33 heavy (non-hydrogen) atoms. The van der Waals surface area contributed by atoms with Crippen LogP contribution in [0.5, 0.6) is 0 Å². The second-order valence-electron chi connectivity index (χ2n) is 7.04. The Morgan fingerprint density at radius 3 is 2.70 bits per heavy atom. The maximum atomic E-state index is 12.4. The van der Waals surface area contributed by atoms with Gasteiger partial charge < -0.3 is 15.1 Å². The van der Waals surface area contributed by atoms with Crippen LogP contribution in [0.2, 0.25) is 0 Å². The number of imide groups is 1. The van der Waals surface area contributed by atoms with E-state index in [1.165, 1.54) is 11.3 Å². The van der Waals surface area contributed by atoms with Crippen LogP contribution in [-0.2, 0) is 16.1 Å². The number of nitrogens with one attached hydrogen (secondary N) is 3. The number of hydrogen-bond acceptors (Lipinski definition) is 8. The molecule has 2 aromatic heterocycles. The SMILES string of the molecule is Cc1ccc(C(=O)Nc2cccc(-c3nc(CNC(=O)C=C4SC(=O)NC4=O)c(C)o3)c2)s1. The van der Waals surface area contributed by atoms with Gasteiger partial charge in [-0.05, 0) is 55.9 Å². The molecule has 11 heteroatoms. The van der Waals surface area contributed by atoms with E-state index >= 15 is 0 Å². The number of thioether (sulfide) groups is 1. The number of benzene rings is 1. The van der Waals surface area contributed by atoms with Gasteiger partial charge in [0.05, 0.1) is 16.3 Å². The largest absolute Gasteiger partial charge is 0.441 e. The Morgan fingerprint density at radius 1 is 1.18 bits per heavy atom. The van der Waals surface area contributed by atoms with Gasteiger partial charge in [-0.25, -0.2) is 4.98 Å². The van der Waals surface area contributed by atoms with Crippen molar-refractivity contribution in [1.82, 2.24) is 15.6 Å². The number of aryl methyl sites for hydroxylation is 2. The van der Waals surface area contributed by atoms with Crippen LogP contribution in [0, 0.1) is 13.8 Å². The van der Waals surface area contributed by atoms with Crippen molar-refractivity contribution in [3.8, 4) is 11.5 Å². The van der Waals surface area contributed by atoms with Gasteiger partial charge in [0.15, 0.2) is 0 Å². The zero-order valence-corrected chi connectivity index (χ0v) is 19.2. The third-order valence-electron chi connectivity index (χ3n) is 4.56. The molecule has 1 fully saturated rings. The number of rotatable bonds is 6. The summed E-state index contributed by atoms with van der Waals surface area (Å²) in [6.07, 6.45) is 1.07. The van der Waals surface area contributed by atoms with Gasteiger partial charge in [0, 0.05) is 22.2 Å². The van der Waals surface area contributed by atoms with Gasteiger partial charge in [-0.3, -0.25) is 24.5 Å². The van der Waals surface area contributed by atoms with E-state index in [1.807, 2.05) is 13.0 Å². The predicted octanol–water partition coefficient (Wildman–Crippen LogP) is 3.76. The van der Waals surface area contributed by atoms with E-state index in [0.717, 1.165) is 11.0 Å². The van der Waals surface area contributed by atoms with E-state index in [0.29, 0.717) is 45.2 Å². The lowest BCUT2D eigenvalue weighted by Crippen LogP contribution is -2.23. The number of amides is 4. The van der Waals surface area contributed by atoms with E-state index in [4.69, 9.17) is 4.42 Å². The summed E-state index contributed by atoms with van der Waals surface area (Å²) < 4.78 is 5.74. The molecule has 3 N–H and O–H groups in total. The van der Waals surface area contributed by atoms with Crippen molar-refractivity contribution in [2.75, 3.05) is 5.32 Å². The highest BCUT2D eigenvalue weighted by molar-refractivity contribution is 8.18. The van der Waals surface area contributed by atoms with Gasteiger partial charge in [-0.15, -0.1) is 11.3 Å². The topological polar surface area (TPSA) is 130 Å². The molecule has 4 rings (SSSR count). The molecule has 1 aliphatic heterocycles. The molecule has 0 bridgehead atoms. The Kier molecular flexibility index (Phi) is 6.43. The standard InChI is InChI=1S/C22H18N4O5S2/c1-11-6-7-16(32-11)19(28)24-14-5-3-4-13(8-14)21-25-15(12(2)31-21)10-23-18(27)9-17-20(29)26-22(30)33-17/h3-9H,10H2,1-2H3,(H,23,27)(H,24,28)(H,26,29,30). The molecule has 9 nitrogen and oxygen atoms in total. The van der Waals surface area contributed by atoms with E-state index in [1.54, 1.807) is 37.3 Å². The minimum Gasteiger partial charge on any atom is -0.441 e. The molecular formula is C22H18N4O5S2. The molecule has 4 amide bonds. The van der Waals surface area contributed by atoms with Crippen LogP contribution < -0.4 is 16.0 Å². The van der Waals surface area contributed by atoms with Crippen molar-refractivity contribution in [1.29, 1.82) is 0 Å². The van der Waals surface area contributed by atoms with Crippen LogP contribution in [-0.4, -0.2) is 27.9 Å². The molecular weight excluding hydrogens is 464 g/mol. The van der Waals surface area contributed by atoms with E-state index in [-0.39, 0.29) is 17.4 Å². The lowest BCUT2D eigenvalue weighted by molar-refractivity contribution is -0.118. The molecule has 1 aromatic carbocycles. The first-order valence-corrected chi connectivity index (χ1v) is 11.4. The first kappa shape index (κ1) is 22.5. The Hall–Kier alpha value is -3.70. The summed E-state index contributed by atoms with van der Waals surface area (Å²) >= 11 is 2.09. The number of anilines is 1. The van der Waals surface area contributed by atoms with Gasteiger partial charge in [-0.1, -0.05) is 6.07 Å². The normalized spacial score (nSPS) is 14.4. The molecule has 0 unspecified atom stereocenters. The Labute approximate surface area is 196 Å². The molecule has 3 aromatic rings. The number of carbonyl (C=O) groups is 4. The van der Waals surface area contributed by atoms with E-state index in [9.17, 15) is 19.2 Å². The van der Waals surface area contributed by atoms with Crippen LogP contribution in [0.1, 0.15) is 26.0 Å². The first-order valence-electron chi connectivity index (χ1n) is 9.75. The summed E-state index contributed by atoms with van der Waals surface area (Å²) in [5.41, 5.74) is 1.78. The molecule has 3 heterocycles. The number of hydrogen-bond donors (Lipinski definition) is 3. The highest BCUT2D eigenvalue weighted by atomic mass is 32.2. The molecule has 0 atom stereocenters. The maximum Gasteiger partial charge on any atom is 0.290 e. The quantitative estimate of drug-likeness (QED) is 0.456. The number of thiophene rings is 1. The molecule has 0 aliphatic carbocycles. The van der Waals surface area contributed by atoms with Crippen molar-refractivity contribution in [3.63, 3.8) is 0 Å². The Morgan fingerprint density at radius 2 is 2.00 bits per heavy atom. The second-order valence-corrected chi connectivity index (χ2v) is 9.34. The first-order chi connectivity index (χ1) is 15.8. The fraction of sp³-hybridized carbons (Fsp3) is 0.136. The summed E-state index contributed by atoms with van der Waals surface area (Å²) in [5, 5.41) is 7.06. The van der Waals surface area contributed by atoms with Gasteiger partial charge in [-0.2, -0.15) is 0 Å². The minimum absolute atomic E-state index is 0.0339. The smallest absolute Gasteiger partial charge is 0.290 e. The van der Waals surface area contributed by atoms with Crippen LogP contribution in [0.3, 0.4) is 0 Å². The summed E-state index contributed by atoms with van der Waals surface area (Å²) in [5.74, 6) is -0.456. The molecule has 1 saturated heterocycles. The number of nitrogens with zero attached hydrogens (tertiary/aromatic N) is 1. The summed E-state index contributed by atoms with van der Waals surface area (Å²) in [6, 6.07) is 10.8. The van der Waals surface area contributed by atoms with Crippen LogP contribution in [0.15, 0.2) is 51.8 Å². The molecule has 0 spiro atoms. The summed E-state index contributed by atoms with van der Waals surface area (Å²) in [6.45, 7) is 3.74. The predicted molar refractivity (Wildman–Crippen MR) is 125 cm³/mol. The zero-order valence-electron chi connectivity index (χ0n) is 17.6. The highest BCUT2D eigenvalue weighted by Gasteiger charge is 2.26. The fourth-order valence-corrected chi connectivity index (χ4v) is 4.37. The van der Waals surface area contributed by atoms with Crippen molar-refractivity contribution >= 4 is 51.7 Å². The third kappa shape index (κ3) is 5.38. The average Bonchev–Trinajstić information content (AvgIpc) is 3.45. The van der Waals surface area contributed by atoms with Crippen molar-refractivity contribution in [2.24, 2.45) is 0 Å². The van der Waals surface area contributed by atoms with Gasteiger partial charge in [0.25, 0.3) is 17.1 Å². The Balaban J connectivity index is 1.42. The van der Waals surface area contributed by atoms with Crippen LogP contribution in [0.4, 0.5) is 10.5 Å². The molecule has 1 aliphatic rings. The number of aromatic nitrogens is 1. The molecule has 168 valence electrons. The monoisotopic (exact) mass is 482 g/mol. The average molecular weight is 483 g/mol. The minimum atomic E-state index is -0.596. The molecule has 0 radical (unpaired) electrons. The van der Waals surface area contributed by atoms with Crippen molar-refractivity contribution in [2.45, 2.75) is 20.4 Å². The van der Waals surface area contributed by atoms with Crippen LogP contribution >= 0.6 is 23.1 Å². The number of oxazole rings is 1. The van der Waals surface area contributed by atoms with Crippen molar-refractivity contribution < 1.29 is 23.6 Å². The zero-order chi connectivity index (χ0) is 23.5. The highest BCUT2D eigenvalue weighted by Crippen LogP contribution is 2.26. The van der Waals surface area contributed by atoms with Gasteiger partial charge in [0.2, 0.25) is 11.8 Å². The maximum absolute atomic E-state index is 12.4. The lowest BCUT2D eigenvalue weighted by atomic mass is 10.2. The second kappa shape index (κ2) is 9.43. The van der Waals surface area contributed by atoms with E-state index in [2.05, 4.69) is 20.9 Å². The third-order valence-corrected chi connectivity index (χ3v) is 6.37. The van der Waals surface area contributed by atoms with Gasteiger partial charge >= 0.3 is 0 Å². The Bertz CT molecular complexity index is 1310. The van der Waals surface area contributed by atoms with Crippen LogP contribution in [0.25, 0.3) is 11.5 Å². The summed E-state index contributed by atoms with van der Waals surface area (Å²) in [7, 11) is 0. The van der Waals surface area contributed by atoms with Crippen molar-refractivity contribution in [3.05, 3.63) is 68.6 Å². The fourth-order valence-electron chi connectivity index (χ4n) is 2.96. The van der Waals surface area contributed by atoms with Gasteiger partial charge in [0.1, 0.15) is 11.5 Å². The molecule has 0 saturated carbocycles. The number of carbonyl (C=O) groups excluding carboxylic acids is 4. The summed E-state index contributed by atoms with van der Waals surface area (Å²) in [4.78, 5) is 53.4. The lowest BCUT2D eigenvalue weighted by Gasteiger charge is -2.05. The van der Waals surface area contributed by atoms with E-state index < -0.39 is 17.1 Å².